The van der Waals surface area contributed by atoms with Crippen LogP contribution in [-0.2, 0) is 10.0 Å². The third kappa shape index (κ3) is 4.77. The molecule has 1 aromatic heterocycles. The molecule has 2 heterocycles. The zero-order chi connectivity index (χ0) is 20.3. The highest BCUT2D eigenvalue weighted by Crippen LogP contribution is 2.26. The lowest BCUT2D eigenvalue weighted by Gasteiger charge is -2.31. The molecule has 0 aliphatic carbocycles. The van der Waals surface area contributed by atoms with Crippen molar-refractivity contribution in [3.8, 4) is 11.5 Å². The highest BCUT2D eigenvalue weighted by atomic mass is 32.2. The molecule has 1 aliphatic heterocycles. The number of nitrogens with zero attached hydrogens (tertiary/aromatic N) is 2. The van der Waals surface area contributed by atoms with Crippen LogP contribution in [-0.4, -0.2) is 32.5 Å². The molecule has 8 heteroatoms. The third-order valence-electron chi connectivity index (χ3n) is 4.96. The first-order valence-electron chi connectivity index (χ1n) is 9.51. The van der Waals surface area contributed by atoms with Gasteiger partial charge in [0, 0.05) is 30.7 Å². The number of para-hydroxylation sites is 1. The number of aryl methyl sites for hydroxylation is 1. The van der Waals surface area contributed by atoms with Crippen molar-refractivity contribution < 1.29 is 13.2 Å². The largest absolute Gasteiger partial charge is 0.457 e. The maximum absolute atomic E-state index is 12.8. The van der Waals surface area contributed by atoms with E-state index < -0.39 is 10.0 Å². The summed E-state index contributed by atoms with van der Waals surface area (Å²) < 4.78 is 34.2. The van der Waals surface area contributed by atoms with Gasteiger partial charge in [0.15, 0.2) is 5.13 Å². The van der Waals surface area contributed by atoms with Crippen LogP contribution in [0.15, 0.2) is 65.0 Å². The van der Waals surface area contributed by atoms with Crippen LogP contribution in [0.5, 0.6) is 11.5 Å². The Hall–Kier alpha value is -2.42. The molecule has 6 nitrogen and oxygen atoms in total. The summed E-state index contributed by atoms with van der Waals surface area (Å²) in [7, 11) is -3.57. The van der Waals surface area contributed by atoms with Crippen LogP contribution in [0.4, 0.5) is 5.13 Å². The first kappa shape index (κ1) is 19.9. The molecule has 0 atom stereocenters. The average Bonchev–Trinajstić information content (AvgIpc) is 3.25. The van der Waals surface area contributed by atoms with Gasteiger partial charge >= 0.3 is 0 Å². The predicted octanol–water partition coefficient (Wildman–Crippen LogP) is 4.19. The zero-order valence-corrected chi connectivity index (χ0v) is 17.7. The molecule has 29 heavy (non-hydrogen) atoms. The van der Waals surface area contributed by atoms with Crippen LogP contribution in [0.25, 0.3) is 0 Å². The number of thiazole rings is 1. The molecular formula is C21H23N3O3S2. The Kier molecular flexibility index (Phi) is 5.84. The van der Waals surface area contributed by atoms with Gasteiger partial charge in [0.05, 0.1) is 4.90 Å². The SMILES string of the molecule is Cc1ccccc1Oc1ccc(S(=O)(=O)NC2CCN(c3nccs3)CC2)cc1. The van der Waals surface area contributed by atoms with Gasteiger partial charge in [0.1, 0.15) is 11.5 Å². The number of hydrogen-bond acceptors (Lipinski definition) is 6. The van der Waals surface area contributed by atoms with Gasteiger partial charge in [-0.2, -0.15) is 0 Å². The van der Waals surface area contributed by atoms with E-state index in [1.54, 1.807) is 41.8 Å². The Morgan fingerprint density at radius 2 is 1.83 bits per heavy atom. The Morgan fingerprint density at radius 3 is 2.48 bits per heavy atom. The minimum atomic E-state index is -3.57. The number of nitrogens with one attached hydrogen (secondary N) is 1. The molecule has 0 radical (unpaired) electrons. The van der Waals surface area contributed by atoms with Crippen molar-refractivity contribution in [2.75, 3.05) is 18.0 Å². The summed E-state index contributed by atoms with van der Waals surface area (Å²) in [6, 6.07) is 14.2. The summed E-state index contributed by atoms with van der Waals surface area (Å²) in [4.78, 5) is 6.77. The van der Waals surface area contributed by atoms with E-state index in [1.807, 2.05) is 36.6 Å². The highest BCUT2D eigenvalue weighted by molar-refractivity contribution is 7.89. The number of sulfonamides is 1. The van der Waals surface area contributed by atoms with E-state index >= 15 is 0 Å². The lowest BCUT2D eigenvalue weighted by molar-refractivity contribution is 0.459. The number of ether oxygens (including phenoxy) is 1. The minimum absolute atomic E-state index is 0.0703. The Bertz CT molecular complexity index is 1040. The van der Waals surface area contributed by atoms with Crippen molar-refractivity contribution in [1.82, 2.24) is 9.71 Å². The Labute approximate surface area is 175 Å². The van der Waals surface area contributed by atoms with Crippen LogP contribution >= 0.6 is 11.3 Å². The van der Waals surface area contributed by atoms with Crippen molar-refractivity contribution in [2.24, 2.45) is 0 Å². The van der Waals surface area contributed by atoms with Crippen molar-refractivity contribution in [3.63, 3.8) is 0 Å². The van der Waals surface area contributed by atoms with Crippen LogP contribution in [0, 0.1) is 6.92 Å². The fourth-order valence-corrected chi connectivity index (χ4v) is 5.33. The van der Waals surface area contributed by atoms with Gasteiger partial charge in [-0.15, -0.1) is 11.3 Å². The fourth-order valence-electron chi connectivity index (χ4n) is 3.33. The molecule has 1 N–H and O–H groups in total. The van der Waals surface area contributed by atoms with E-state index in [1.165, 1.54) is 0 Å². The van der Waals surface area contributed by atoms with Crippen molar-refractivity contribution >= 4 is 26.5 Å². The van der Waals surface area contributed by atoms with Gasteiger partial charge in [-0.05, 0) is 55.7 Å². The van der Waals surface area contributed by atoms with E-state index in [9.17, 15) is 8.42 Å². The molecule has 1 aliphatic rings. The standard InChI is InChI=1S/C21H23N3O3S2/c1-16-4-2-3-5-20(16)27-18-6-8-19(9-7-18)29(25,26)23-17-10-13-24(14-11-17)21-22-12-15-28-21/h2-9,12,15,17,23H,10-11,13-14H2,1H3. The molecule has 0 spiro atoms. The van der Waals surface area contributed by atoms with E-state index in [4.69, 9.17) is 4.74 Å². The van der Waals surface area contributed by atoms with Crippen LogP contribution in [0.1, 0.15) is 18.4 Å². The zero-order valence-electron chi connectivity index (χ0n) is 16.1. The summed E-state index contributed by atoms with van der Waals surface area (Å²) in [6.45, 7) is 3.56. The van der Waals surface area contributed by atoms with Crippen LogP contribution < -0.4 is 14.4 Å². The molecule has 0 unspecified atom stereocenters. The maximum Gasteiger partial charge on any atom is 0.240 e. The third-order valence-corrected chi connectivity index (χ3v) is 7.33. The Balaban J connectivity index is 1.37. The van der Waals surface area contributed by atoms with Crippen molar-refractivity contribution in [3.05, 3.63) is 65.7 Å². The lowest BCUT2D eigenvalue weighted by atomic mass is 10.1. The molecule has 3 aromatic rings. The van der Waals surface area contributed by atoms with Gasteiger partial charge in [-0.1, -0.05) is 18.2 Å². The van der Waals surface area contributed by atoms with Gasteiger partial charge in [-0.25, -0.2) is 18.1 Å². The maximum atomic E-state index is 12.8. The Morgan fingerprint density at radius 1 is 1.10 bits per heavy atom. The van der Waals surface area contributed by atoms with E-state index in [-0.39, 0.29) is 10.9 Å². The van der Waals surface area contributed by atoms with Crippen molar-refractivity contribution in [1.29, 1.82) is 0 Å². The summed E-state index contributed by atoms with van der Waals surface area (Å²) >= 11 is 1.61. The number of hydrogen-bond donors (Lipinski definition) is 1. The number of benzene rings is 2. The molecule has 0 amide bonds. The minimum Gasteiger partial charge on any atom is -0.457 e. The van der Waals surface area contributed by atoms with Gasteiger partial charge < -0.3 is 9.64 Å². The number of rotatable bonds is 6. The van der Waals surface area contributed by atoms with Crippen LogP contribution in [0.2, 0.25) is 0 Å². The molecular weight excluding hydrogens is 406 g/mol. The quantitative estimate of drug-likeness (QED) is 0.636. The predicted molar refractivity (Wildman–Crippen MR) is 115 cm³/mol. The second kappa shape index (κ2) is 8.52. The summed E-state index contributed by atoms with van der Waals surface area (Å²) in [5, 5.41) is 2.95. The number of piperidine rings is 1. The fraction of sp³-hybridized carbons (Fsp3) is 0.286. The summed E-state index contributed by atoms with van der Waals surface area (Å²) in [5.74, 6) is 1.36. The monoisotopic (exact) mass is 429 g/mol. The van der Waals surface area contributed by atoms with E-state index in [2.05, 4.69) is 14.6 Å². The first-order valence-corrected chi connectivity index (χ1v) is 11.9. The van der Waals surface area contributed by atoms with Gasteiger partial charge in [0.25, 0.3) is 0 Å². The molecule has 1 fully saturated rings. The van der Waals surface area contributed by atoms with Crippen molar-refractivity contribution in [2.45, 2.75) is 30.7 Å². The molecule has 0 saturated carbocycles. The number of anilines is 1. The van der Waals surface area contributed by atoms with Crippen LogP contribution in [0.3, 0.4) is 0 Å². The second-order valence-electron chi connectivity index (χ2n) is 7.04. The normalized spacial score (nSPS) is 15.4. The molecule has 152 valence electrons. The summed E-state index contributed by atoms with van der Waals surface area (Å²) in [5.41, 5.74) is 1.02. The van der Waals surface area contributed by atoms with Gasteiger partial charge in [0.2, 0.25) is 10.0 Å². The molecule has 4 rings (SSSR count). The lowest BCUT2D eigenvalue weighted by Crippen LogP contribution is -2.44. The first-order chi connectivity index (χ1) is 14.0. The molecule has 0 bridgehead atoms. The molecule has 2 aromatic carbocycles. The van der Waals surface area contributed by atoms with E-state index in [0.717, 1.165) is 42.4 Å². The highest BCUT2D eigenvalue weighted by Gasteiger charge is 2.25. The second-order valence-corrected chi connectivity index (χ2v) is 9.62. The summed E-state index contributed by atoms with van der Waals surface area (Å²) in [6.07, 6.45) is 3.31. The topological polar surface area (TPSA) is 71.5 Å². The molecule has 1 saturated heterocycles. The number of aromatic nitrogens is 1. The van der Waals surface area contributed by atoms with E-state index in [0.29, 0.717) is 5.75 Å². The smallest absolute Gasteiger partial charge is 0.240 e. The van der Waals surface area contributed by atoms with Gasteiger partial charge in [-0.3, -0.25) is 0 Å². The average molecular weight is 430 g/mol.